The Morgan fingerprint density at radius 1 is 1.38 bits per heavy atom. The zero-order valence-electron chi connectivity index (χ0n) is 15.6. The van der Waals surface area contributed by atoms with Gasteiger partial charge in [-0.2, -0.15) is 10.1 Å². The fourth-order valence-electron chi connectivity index (χ4n) is 2.86. The molecule has 1 aliphatic heterocycles. The van der Waals surface area contributed by atoms with Crippen molar-refractivity contribution in [3.05, 3.63) is 24.3 Å². The van der Waals surface area contributed by atoms with Gasteiger partial charge in [0.15, 0.2) is 0 Å². The fraction of sp³-hybridized carbons (Fsp3) is 0.474. The van der Waals surface area contributed by atoms with E-state index in [4.69, 9.17) is 4.74 Å². The van der Waals surface area contributed by atoms with Crippen LogP contribution in [0.3, 0.4) is 0 Å². The van der Waals surface area contributed by atoms with Crippen LogP contribution in [0.5, 0.6) is 0 Å². The summed E-state index contributed by atoms with van der Waals surface area (Å²) in [5, 5.41) is 6.48. The quantitative estimate of drug-likeness (QED) is 0.547. The lowest BCUT2D eigenvalue weighted by Crippen LogP contribution is -2.31. The largest absolute Gasteiger partial charge is 0.379 e. The third-order valence-electron chi connectivity index (χ3n) is 4.13. The number of aliphatic imine (C=N–C) groups is 1. The number of anilines is 1. The van der Waals surface area contributed by atoms with Crippen molar-refractivity contribution in [1.82, 2.24) is 4.98 Å². The molecule has 1 atom stereocenters. The number of ether oxygens (including phenoxy) is 1. The summed E-state index contributed by atoms with van der Waals surface area (Å²) < 4.78 is 6.56. The van der Waals surface area contributed by atoms with Gasteiger partial charge in [-0.25, -0.2) is 4.98 Å². The maximum absolute atomic E-state index is 12.9. The molecule has 7 heteroatoms. The van der Waals surface area contributed by atoms with Gasteiger partial charge < -0.3 is 4.74 Å². The highest BCUT2D eigenvalue weighted by atomic mass is 32.1. The molecule has 0 saturated carbocycles. The van der Waals surface area contributed by atoms with Gasteiger partial charge in [0.05, 0.1) is 22.0 Å². The van der Waals surface area contributed by atoms with E-state index in [1.54, 1.807) is 0 Å². The molecule has 0 radical (unpaired) electrons. The highest BCUT2D eigenvalue weighted by Gasteiger charge is 2.37. The zero-order chi connectivity index (χ0) is 18.7. The van der Waals surface area contributed by atoms with Crippen LogP contribution in [-0.4, -0.2) is 41.6 Å². The first-order chi connectivity index (χ1) is 12.5. The van der Waals surface area contributed by atoms with Gasteiger partial charge >= 0.3 is 0 Å². The number of rotatable bonds is 7. The number of carbonyl (C=O) groups is 1. The Balaban J connectivity index is 1.69. The first-order valence-corrected chi connectivity index (χ1v) is 9.66. The summed E-state index contributed by atoms with van der Waals surface area (Å²) in [5.41, 5.74) is 2.44. The van der Waals surface area contributed by atoms with Crippen molar-refractivity contribution in [2.45, 2.75) is 40.2 Å². The number of aromatic nitrogens is 1. The Hall–Kier alpha value is -2.12. The summed E-state index contributed by atoms with van der Waals surface area (Å²) in [5.74, 6) is -0.478. The molecule has 3 rings (SSSR count). The van der Waals surface area contributed by atoms with Gasteiger partial charge in [0.1, 0.15) is 5.92 Å². The number of amides is 1. The molecule has 0 saturated heterocycles. The van der Waals surface area contributed by atoms with Crippen molar-refractivity contribution >= 4 is 44.0 Å². The summed E-state index contributed by atoms with van der Waals surface area (Å²) in [4.78, 5) is 22.0. The van der Waals surface area contributed by atoms with Crippen LogP contribution in [0.25, 0.3) is 10.2 Å². The third-order valence-corrected chi connectivity index (χ3v) is 5.14. The van der Waals surface area contributed by atoms with E-state index in [1.807, 2.05) is 52.0 Å². The Labute approximate surface area is 157 Å². The van der Waals surface area contributed by atoms with Gasteiger partial charge in [-0.05, 0) is 46.2 Å². The SMILES string of the molecule is CC(=NCCCOC(C)C)[C@H]1C(=O)N(c2nc3ccccc3s2)N=C1C. The van der Waals surface area contributed by atoms with Crippen molar-refractivity contribution in [3.63, 3.8) is 0 Å². The highest BCUT2D eigenvalue weighted by molar-refractivity contribution is 7.22. The standard InChI is InChI=1S/C19H24N4O2S/c1-12(2)25-11-7-10-20-13(3)17-14(4)22-23(18(17)24)19-21-15-8-5-6-9-16(15)26-19/h5-6,8-9,12,17H,7,10-11H2,1-4H3/t17-/m1/s1. The van der Waals surface area contributed by atoms with Gasteiger partial charge in [-0.3, -0.25) is 9.79 Å². The molecule has 6 nitrogen and oxygen atoms in total. The summed E-state index contributed by atoms with van der Waals surface area (Å²) in [6.07, 6.45) is 1.07. The van der Waals surface area contributed by atoms with Crippen molar-refractivity contribution in [2.24, 2.45) is 16.0 Å². The van der Waals surface area contributed by atoms with Crippen LogP contribution in [0.4, 0.5) is 5.13 Å². The van der Waals surface area contributed by atoms with E-state index in [0.29, 0.717) is 18.3 Å². The molecule has 1 aromatic heterocycles. The van der Waals surface area contributed by atoms with Crippen molar-refractivity contribution < 1.29 is 9.53 Å². The number of benzene rings is 1. The first-order valence-electron chi connectivity index (χ1n) is 8.84. The molecular formula is C19H24N4O2S. The number of hydrazone groups is 1. The van der Waals surface area contributed by atoms with Gasteiger partial charge in [0, 0.05) is 18.9 Å². The molecule has 26 heavy (non-hydrogen) atoms. The minimum Gasteiger partial charge on any atom is -0.379 e. The predicted octanol–water partition coefficient (Wildman–Crippen LogP) is 3.91. The smallest absolute Gasteiger partial charge is 0.264 e. The van der Waals surface area contributed by atoms with Crippen LogP contribution >= 0.6 is 11.3 Å². The second-order valence-corrected chi connectivity index (χ2v) is 7.59. The third kappa shape index (κ3) is 3.99. The Morgan fingerprint density at radius 2 is 2.15 bits per heavy atom. The molecular weight excluding hydrogens is 348 g/mol. The predicted molar refractivity (Wildman–Crippen MR) is 107 cm³/mol. The maximum atomic E-state index is 12.9. The average Bonchev–Trinajstić information content (AvgIpc) is 3.14. The summed E-state index contributed by atoms with van der Waals surface area (Å²) in [7, 11) is 0. The van der Waals surface area contributed by atoms with Crippen LogP contribution < -0.4 is 5.01 Å². The number of hydrogen-bond acceptors (Lipinski definition) is 6. The van der Waals surface area contributed by atoms with Crippen LogP contribution in [0.15, 0.2) is 34.4 Å². The van der Waals surface area contributed by atoms with Crippen LogP contribution in [-0.2, 0) is 9.53 Å². The van der Waals surface area contributed by atoms with E-state index in [1.165, 1.54) is 16.3 Å². The van der Waals surface area contributed by atoms with E-state index in [9.17, 15) is 4.79 Å². The topological polar surface area (TPSA) is 67.2 Å². The molecule has 138 valence electrons. The van der Waals surface area contributed by atoms with E-state index >= 15 is 0 Å². The van der Waals surface area contributed by atoms with Crippen LogP contribution in [0.2, 0.25) is 0 Å². The average molecular weight is 372 g/mol. The van der Waals surface area contributed by atoms with Gasteiger partial charge in [-0.1, -0.05) is 23.5 Å². The normalized spacial score (nSPS) is 18.3. The van der Waals surface area contributed by atoms with Gasteiger partial charge in [0.2, 0.25) is 5.13 Å². The number of hydrogen-bond donors (Lipinski definition) is 0. The van der Waals surface area contributed by atoms with Gasteiger partial charge in [0.25, 0.3) is 5.91 Å². The number of carbonyl (C=O) groups excluding carboxylic acids is 1. The molecule has 1 aromatic carbocycles. The minimum absolute atomic E-state index is 0.0822. The second kappa shape index (κ2) is 8.05. The van der Waals surface area contributed by atoms with E-state index < -0.39 is 5.92 Å². The maximum Gasteiger partial charge on any atom is 0.264 e. The summed E-state index contributed by atoms with van der Waals surface area (Å²) in [6, 6.07) is 7.84. The highest BCUT2D eigenvalue weighted by Crippen LogP contribution is 2.32. The van der Waals surface area contributed by atoms with Crippen LogP contribution in [0.1, 0.15) is 34.1 Å². The van der Waals surface area contributed by atoms with Crippen molar-refractivity contribution in [1.29, 1.82) is 0 Å². The Morgan fingerprint density at radius 3 is 2.88 bits per heavy atom. The molecule has 0 bridgehead atoms. The minimum atomic E-state index is -0.395. The molecule has 0 spiro atoms. The molecule has 0 aliphatic carbocycles. The lowest BCUT2D eigenvalue weighted by atomic mass is 9.99. The second-order valence-electron chi connectivity index (χ2n) is 6.58. The molecule has 0 fully saturated rings. The fourth-order valence-corrected chi connectivity index (χ4v) is 3.79. The van der Waals surface area contributed by atoms with Gasteiger partial charge in [-0.15, -0.1) is 0 Å². The van der Waals surface area contributed by atoms with Crippen molar-refractivity contribution in [2.75, 3.05) is 18.2 Å². The van der Waals surface area contributed by atoms with E-state index in [0.717, 1.165) is 28.1 Å². The number of nitrogens with zero attached hydrogens (tertiary/aromatic N) is 4. The molecule has 1 amide bonds. The Bertz CT molecular complexity index is 823. The summed E-state index contributed by atoms with van der Waals surface area (Å²) in [6.45, 7) is 9.13. The zero-order valence-corrected chi connectivity index (χ0v) is 16.4. The first kappa shape index (κ1) is 18.7. The molecule has 0 N–H and O–H groups in total. The Kier molecular flexibility index (Phi) is 5.78. The van der Waals surface area contributed by atoms with Crippen LogP contribution in [0, 0.1) is 5.92 Å². The molecule has 2 aromatic rings. The summed E-state index contributed by atoms with van der Waals surface area (Å²) >= 11 is 1.47. The van der Waals surface area contributed by atoms with Crippen molar-refractivity contribution in [3.8, 4) is 0 Å². The molecule has 0 unspecified atom stereocenters. The number of para-hydroxylation sites is 1. The lowest BCUT2D eigenvalue weighted by molar-refractivity contribution is -0.118. The molecule has 1 aliphatic rings. The lowest BCUT2D eigenvalue weighted by Gasteiger charge is -2.11. The monoisotopic (exact) mass is 372 g/mol. The van der Waals surface area contributed by atoms with E-state index in [2.05, 4.69) is 15.1 Å². The number of thiazole rings is 1. The van der Waals surface area contributed by atoms with E-state index in [-0.39, 0.29) is 12.0 Å². The number of fused-ring (bicyclic) bond motifs is 1. The molecule has 2 heterocycles.